The van der Waals surface area contributed by atoms with Crippen LogP contribution in [0.2, 0.25) is 0 Å². The van der Waals surface area contributed by atoms with E-state index in [1.807, 2.05) is 63.2 Å². The number of sulfone groups is 1. The van der Waals surface area contributed by atoms with Gasteiger partial charge in [-0.15, -0.1) is 0 Å². The first-order valence-corrected chi connectivity index (χ1v) is 11.0. The fourth-order valence-electron chi connectivity index (χ4n) is 3.38. The van der Waals surface area contributed by atoms with Gasteiger partial charge in [0.15, 0.2) is 9.84 Å². The average molecular weight is 384 g/mol. The maximum atomic E-state index is 12.6. The van der Waals surface area contributed by atoms with Gasteiger partial charge in [-0.3, -0.25) is 4.79 Å². The molecule has 0 fully saturated rings. The van der Waals surface area contributed by atoms with Crippen LogP contribution in [0.5, 0.6) is 0 Å². The summed E-state index contributed by atoms with van der Waals surface area (Å²) < 4.78 is 27.0. The van der Waals surface area contributed by atoms with Crippen molar-refractivity contribution in [1.29, 1.82) is 0 Å². The molecule has 4 nitrogen and oxygen atoms in total. The van der Waals surface area contributed by atoms with Crippen molar-refractivity contribution in [1.82, 2.24) is 4.57 Å². The van der Waals surface area contributed by atoms with Gasteiger partial charge in [0.1, 0.15) is 0 Å². The number of hydrogen-bond donors (Lipinski definition) is 0. The van der Waals surface area contributed by atoms with Crippen LogP contribution >= 0.6 is 0 Å². The molecule has 0 N–H and O–H groups in total. The summed E-state index contributed by atoms with van der Waals surface area (Å²) in [5, 5.41) is 0.936. The molecule has 3 rings (SSSR count). The molecule has 1 heterocycles. The number of aromatic nitrogens is 1. The molecular formula is C22H25NO3S. The van der Waals surface area contributed by atoms with E-state index in [0.29, 0.717) is 6.54 Å². The molecule has 0 aliphatic carbocycles. The number of aryl methyl sites for hydroxylation is 3. The zero-order valence-electron chi connectivity index (χ0n) is 16.0. The highest BCUT2D eigenvalue weighted by Gasteiger charge is 2.15. The summed E-state index contributed by atoms with van der Waals surface area (Å²) in [7, 11) is -3.28. The number of fused-ring (bicyclic) bond motifs is 1. The minimum absolute atomic E-state index is 0.0108. The Hall–Kier alpha value is -2.40. The fourth-order valence-corrected chi connectivity index (χ4v) is 4.87. The van der Waals surface area contributed by atoms with Gasteiger partial charge in [0.2, 0.25) is 0 Å². The Morgan fingerprint density at radius 3 is 2.19 bits per heavy atom. The second-order valence-corrected chi connectivity index (χ2v) is 9.25. The third-order valence-electron chi connectivity index (χ3n) is 4.72. The molecule has 27 heavy (non-hydrogen) atoms. The molecule has 3 aromatic rings. The van der Waals surface area contributed by atoms with Crippen LogP contribution in [0.4, 0.5) is 0 Å². The average Bonchev–Trinajstić information content (AvgIpc) is 2.60. The summed E-state index contributed by atoms with van der Waals surface area (Å²) in [6, 6.07) is 14.8. The van der Waals surface area contributed by atoms with Crippen molar-refractivity contribution in [3.63, 3.8) is 0 Å². The predicted octanol–water partition coefficient (Wildman–Crippen LogP) is 4.14. The van der Waals surface area contributed by atoms with Crippen molar-refractivity contribution >= 4 is 20.7 Å². The molecule has 0 amide bonds. The largest absolute Gasteiger partial charge is 0.308 e. The van der Waals surface area contributed by atoms with E-state index in [1.165, 1.54) is 0 Å². The smallest absolute Gasteiger partial charge is 0.251 e. The van der Waals surface area contributed by atoms with Crippen LogP contribution in [-0.4, -0.2) is 13.0 Å². The molecule has 0 saturated carbocycles. The van der Waals surface area contributed by atoms with Crippen molar-refractivity contribution in [2.75, 3.05) is 0 Å². The van der Waals surface area contributed by atoms with Gasteiger partial charge in [0.25, 0.3) is 5.56 Å². The number of hydrogen-bond acceptors (Lipinski definition) is 3. The summed E-state index contributed by atoms with van der Waals surface area (Å²) in [6.07, 6.45) is 0.866. The summed E-state index contributed by atoms with van der Waals surface area (Å²) in [6.45, 7) is 6.56. The van der Waals surface area contributed by atoms with Crippen molar-refractivity contribution in [3.05, 3.63) is 81.1 Å². The van der Waals surface area contributed by atoms with Gasteiger partial charge < -0.3 is 4.57 Å². The van der Waals surface area contributed by atoms with Crippen LogP contribution in [-0.2, 0) is 27.9 Å². The third kappa shape index (κ3) is 4.48. The number of nitrogens with zero attached hydrogens (tertiary/aromatic N) is 1. The minimum atomic E-state index is -3.28. The summed E-state index contributed by atoms with van der Waals surface area (Å²) in [5.74, 6) is 0.0167. The van der Waals surface area contributed by atoms with Crippen molar-refractivity contribution < 1.29 is 8.42 Å². The zero-order chi connectivity index (χ0) is 19.6. The molecule has 142 valence electrons. The van der Waals surface area contributed by atoms with Crippen molar-refractivity contribution in [2.45, 2.75) is 45.2 Å². The molecule has 0 bridgehead atoms. The molecule has 0 radical (unpaired) electrons. The van der Waals surface area contributed by atoms with E-state index in [2.05, 4.69) is 0 Å². The van der Waals surface area contributed by atoms with Gasteiger partial charge >= 0.3 is 0 Å². The lowest BCUT2D eigenvalue weighted by Gasteiger charge is -2.13. The maximum Gasteiger partial charge on any atom is 0.251 e. The van der Waals surface area contributed by atoms with Crippen molar-refractivity contribution in [3.8, 4) is 0 Å². The fraction of sp³-hybridized carbons (Fsp3) is 0.318. The Kier molecular flexibility index (Phi) is 5.51. The molecular weight excluding hydrogens is 358 g/mol. The van der Waals surface area contributed by atoms with Crippen LogP contribution in [0.15, 0.2) is 53.3 Å². The summed E-state index contributed by atoms with van der Waals surface area (Å²) in [4.78, 5) is 12.3. The minimum Gasteiger partial charge on any atom is -0.308 e. The lowest BCUT2D eigenvalue weighted by atomic mass is 10.1. The normalized spacial score (nSPS) is 11.8. The lowest BCUT2D eigenvalue weighted by molar-refractivity contribution is 0.594. The topological polar surface area (TPSA) is 56.1 Å². The first-order chi connectivity index (χ1) is 12.8. The van der Waals surface area contributed by atoms with Gasteiger partial charge in [-0.1, -0.05) is 42.8 Å². The molecule has 0 unspecified atom stereocenters. The molecule has 2 aromatic carbocycles. The Labute approximate surface area is 160 Å². The lowest BCUT2D eigenvalue weighted by Crippen LogP contribution is -2.20. The first kappa shape index (κ1) is 19.4. The highest BCUT2D eigenvalue weighted by atomic mass is 32.2. The van der Waals surface area contributed by atoms with E-state index in [0.717, 1.165) is 39.6 Å². The Morgan fingerprint density at radius 1 is 0.889 bits per heavy atom. The second-order valence-electron chi connectivity index (χ2n) is 7.19. The van der Waals surface area contributed by atoms with Crippen LogP contribution < -0.4 is 5.56 Å². The summed E-state index contributed by atoms with van der Waals surface area (Å²) in [5.41, 5.74) is 4.39. The van der Waals surface area contributed by atoms with Crippen LogP contribution in [0.1, 0.15) is 35.6 Å². The van der Waals surface area contributed by atoms with Gasteiger partial charge in [-0.05, 0) is 49.1 Å². The molecule has 0 spiro atoms. The highest BCUT2D eigenvalue weighted by molar-refractivity contribution is 7.89. The monoisotopic (exact) mass is 383 g/mol. The third-order valence-corrected chi connectivity index (χ3v) is 6.27. The van der Waals surface area contributed by atoms with E-state index < -0.39 is 9.84 Å². The molecule has 0 atom stereocenters. The number of pyridine rings is 1. The quantitative estimate of drug-likeness (QED) is 0.643. The SMILES string of the molecule is CCCn1c(=O)cc(C)c2cc(CS(=O)(=O)Cc3ccc(C)cc3)ccc21. The Bertz CT molecular complexity index is 1130. The molecule has 1 aromatic heterocycles. The highest BCUT2D eigenvalue weighted by Crippen LogP contribution is 2.21. The standard InChI is InChI=1S/C22H25NO3S/c1-4-11-23-21-10-9-19(13-20(21)17(3)12-22(23)24)15-27(25,26)14-18-7-5-16(2)6-8-18/h5-10,12-13H,4,11,14-15H2,1-3H3. The van der Waals surface area contributed by atoms with E-state index in [4.69, 9.17) is 0 Å². The first-order valence-electron chi connectivity index (χ1n) is 9.18. The predicted molar refractivity (Wildman–Crippen MR) is 111 cm³/mol. The zero-order valence-corrected chi connectivity index (χ0v) is 16.8. The van der Waals surface area contributed by atoms with E-state index in [1.54, 1.807) is 10.6 Å². The van der Waals surface area contributed by atoms with Gasteiger partial charge in [-0.25, -0.2) is 8.42 Å². The molecule has 0 aliphatic heterocycles. The van der Waals surface area contributed by atoms with E-state index in [9.17, 15) is 13.2 Å². The number of benzene rings is 2. The van der Waals surface area contributed by atoms with Crippen LogP contribution in [0.3, 0.4) is 0 Å². The molecule has 0 aliphatic rings. The summed E-state index contributed by atoms with van der Waals surface area (Å²) >= 11 is 0. The van der Waals surface area contributed by atoms with Crippen LogP contribution in [0, 0.1) is 13.8 Å². The van der Waals surface area contributed by atoms with Gasteiger partial charge in [0.05, 0.1) is 17.0 Å². The molecule has 5 heteroatoms. The second kappa shape index (κ2) is 7.69. The molecule has 0 saturated heterocycles. The van der Waals surface area contributed by atoms with E-state index in [-0.39, 0.29) is 17.1 Å². The Balaban J connectivity index is 1.93. The van der Waals surface area contributed by atoms with Crippen LogP contribution in [0.25, 0.3) is 10.9 Å². The number of rotatable bonds is 6. The Morgan fingerprint density at radius 2 is 1.52 bits per heavy atom. The van der Waals surface area contributed by atoms with Gasteiger partial charge in [0, 0.05) is 18.0 Å². The van der Waals surface area contributed by atoms with Crippen molar-refractivity contribution in [2.24, 2.45) is 0 Å². The van der Waals surface area contributed by atoms with E-state index >= 15 is 0 Å². The van der Waals surface area contributed by atoms with Gasteiger partial charge in [-0.2, -0.15) is 0 Å². The maximum absolute atomic E-state index is 12.6.